The van der Waals surface area contributed by atoms with Gasteiger partial charge in [0.15, 0.2) is 0 Å². The van der Waals surface area contributed by atoms with E-state index < -0.39 is 0 Å². The molecule has 0 spiro atoms. The summed E-state index contributed by atoms with van der Waals surface area (Å²) in [5.74, 6) is 5.56. The average molecular weight is 182 g/mol. The van der Waals surface area contributed by atoms with Crippen LogP contribution in [0, 0.1) is 11.8 Å². The van der Waals surface area contributed by atoms with Crippen molar-refractivity contribution in [2.75, 3.05) is 6.61 Å². The molecule has 0 fully saturated rings. The normalized spacial score (nSPS) is 8.83. The van der Waals surface area contributed by atoms with Crippen molar-refractivity contribution in [2.45, 2.75) is 6.42 Å². The SMILES string of the molecule is OCCC#Cc1ccc(Cl)cn1. The lowest BCUT2D eigenvalue weighted by molar-refractivity contribution is 0.305. The molecule has 1 aromatic heterocycles. The third kappa shape index (κ3) is 2.91. The molecule has 0 aliphatic carbocycles. The van der Waals surface area contributed by atoms with E-state index in [2.05, 4.69) is 16.8 Å². The predicted octanol–water partition coefficient (Wildman–Crippen LogP) is 1.47. The van der Waals surface area contributed by atoms with Crippen LogP contribution in [0.4, 0.5) is 0 Å². The molecule has 0 unspecified atom stereocenters. The molecule has 0 bridgehead atoms. The van der Waals surface area contributed by atoms with E-state index in [1.165, 1.54) is 0 Å². The van der Waals surface area contributed by atoms with Gasteiger partial charge in [-0.25, -0.2) is 4.98 Å². The Morgan fingerprint density at radius 1 is 1.50 bits per heavy atom. The van der Waals surface area contributed by atoms with Crippen LogP contribution in [-0.2, 0) is 0 Å². The number of rotatable bonds is 1. The Kier molecular flexibility index (Phi) is 3.59. The van der Waals surface area contributed by atoms with Gasteiger partial charge in [0.1, 0.15) is 5.69 Å². The van der Waals surface area contributed by atoms with Crippen LogP contribution >= 0.6 is 11.6 Å². The van der Waals surface area contributed by atoms with Crippen LogP contribution in [0.1, 0.15) is 12.1 Å². The van der Waals surface area contributed by atoms with E-state index in [-0.39, 0.29) is 6.61 Å². The van der Waals surface area contributed by atoms with Gasteiger partial charge >= 0.3 is 0 Å². The zero-order valence-electron chi connectivity index (χ0n) is 6.42. The zero-order valence-corrected chi connectivity index (χ0v) is 7.17. The quantitative estimate of drug-likeness (QED) is 0.666. The van der Waals surface area contributed by atoms with Gasteiger partial charge in [0.25, 0.3) is 0 Å². The van der Waals surface area contributed by atoms with Crippen LogP contribution in [0.25, 0.3) is 0 Å². The summed E-state index contributed by atoms with van der Waals surface area (Å²) in [5.41, 5.74) is 0.674. The van der Waals surface area contributed by atoms with E-state index in [0.717, 1.165) is 0 Å². The van der Waals surface area contributed by atoms with Crippen molar-refractivity contribution in [1.82, 2.24) is 4.98 Å². The Balaban J connectivity index is 2.66. The van der Waals surface area contributed by atoms with Crippen LogP contribution in [0.3, 0.4) is 0 Å². The third-order valence-corrected chi connectivity index (χ3v) is 1.40. The highest BCUT2D eigenvalue weighted by Crippen LogP contribution is 2.04. The molecule has 1 N–H and O–H groups in total. The Labute approximate surface area is 76.2 Å². The fourth-order valence-corrected chi connectivity index (χ4v) is 0.771. The molecule has 0 aromatic carbocycles. The maximum atomic E-state index is 8.44. The van der Waals surface area contributed by atoms with Crippen molar-refractivity contribution < 1.29 is 5.11 Å². The number of hydrogen-bond donors (Lipinski definition) is 1. The van der Waals surface area contributed by atoms with Crippen molar-refractivity contribution in [3.8, 4) is 11.8 Å². The Hall–Kier alpha value is -1.04. The summed E-state index contributed by atoms with van der Waals surface area (Å²) in [6, 6.07) is 3.48. The summed E-state index contributed by atoms with van der Waals surface area (Å²) in [6.45, 7) is 0.0839. The molecule has 0 saturated heterocycles. The molecular weight excluding hydrogens is 174 g/mol. The number of halogens is 1. The highest BCUT2D eigenvalue weighted by Gasteiger charge is 1.87. The lowest BCUT2D eigenvalue weighted by atomic mass is 10.3. The number of aromatic nitrogens is 1. The van der Waals surface area contributed by atoms with Crippen LogP contribution < -0.4 is 0 Å². The maximum absolute atomic E-state index is 8.44. The molecule has 0 aliphatic rings. The van der Waals surface area contributed by atoms with E-state index in [1.54, 1.807) is 18.3 Å². The highest BCUT2D eigenvalue weighted by molar-refractivity contribution is 6.30. The van der Waals surface area contributed by atoms with Gasteiger partial charge in [0.2, 0.25) is 0 Å². The van der Waals surface area contributed by atoms with Gasteiger partial charge in [0.05, 0.1) is 11.6 Å². The van der Waals surface area contributed by atoms with Gasteiger partial charge < -0.3 is 5.11 Å². The summed E-state index contributed by atoms with van der Waals surface area (Å²) in [6.07, 6.45) is 2.02. The molecule has 0 aliphatic heterocycles. The molecule has 1 heterocycles. The molecule has 3 heteroatoms. The fourth-order valence-electron chi connectivity index (χ4n) is 0.659. The van der Waals surface area contributed by atoms with Crippen LogP contribution in [0.5, 0.6) is 0 Å². The van der Waals surface area contributed by atoms with E-state index in [9.17, 15) is 0 Å². The largest absolute Gasteiger partial charge is 0.395 e. The average Bonchev–Trinajstić information content (AvgIpc) is 2.09. The minimum atomic E-state index is 0.0839. The standard InChI is InChI=1S/C9H8ClNO/c10-8-4-5-9(11-7-8)3-1-2-6-12/h4-5,7,12H,2,6H2. The molecule has 1 rings (SSSR count). The van der Waals surface area contributed by atoms with Crippen molar-refractivity contribution in [2.24, 2.45) is 0 Å². The van der Waals surface area contributed by atoms with E-state index in [0.29, 0.717) is 17.1 Å². The first-order chi connectivity index (χ1) is 5.83. The maximum Gasteiger partial charge on any atom is 0.113 e. The Morgan fingerprint density at radius 3 is 2.92 bits per heavy atom. The third-order valence-electron chi connectivity index (χ3n) is 1.18. The number of nitrogens with zero attached hydrogens (tertiary/aromatic N) is 1. The van der Waals surface area contributed by atoms with E-state index >= 15 is 0 Å². The second-order valence-corrected chi connectivity index (χ2v) is 2.57. The van der Waals surface area contributed by atoms with Crippen molar-refractivity contribution in [3.05, 3.63) is 29.0 Å². The smallest absolute Gasteiger partial charge is 0.113 e. The van der Waals surface area contributed by atoms with Crippen LogP contribution in [0.2, 0.25) is 5.02 Å². The lowest BCUT2D eigenvalue weighted by Gasteiger charge is -1.88. The molecule has 0 amide bonds. The molecule has 1 aromatic rings. The summed E-state index contributed by atoms with van der Waals surface area (Å²) in [4.78, 5) is 3.96. The predicted molar refractivity (Wildman–Crippen MR) is 47.8 cm³/mol. The topological polar surface area (TPSA) is 33.1 Å². The van der Waals surface area contributed by atoms with Crippen LogP contribution in [0.15, 0.2) is 18.3 Å². The molecular formula is C9H8ClNO. The molecule has 62 valence electrons. The number of hydrogen-bond acceptors (Lipinski definition) is 2. The molecule has 0 atom stereocenters. The second kappa shape index (κ2) is 4.76. The van der Waals surface area contributed by atoms with Crippen LogP contribution in [-0.4, -0.2) is 16.7 Å². The first-order valence-corrected chi connectivity index (χ1v) is 3.92. The highest BCUT2D eigenvalue weighted by atomic mass is 35.5. The van der Waals surface area contributed by atoms with Gasteiger partial charge in [-0.2, -0.15) is 0 Å². The summed E-state index contributed by atoms with van der Waals surface area (Å²) >= 11 is 5.62. The molecule has 0 radical (unpaired) electrons. The minimum Gasteiger partial charge on any atom is -0.395 e. The Bertz CT molecular complexity index is 297. The van der Waals surface area contributed by atoms with Gasteiger partial charge in [-0.1, -0.05) is 17.5 Å². The summed E-state index contributed by atoms with van der Waals surface area (Å²) < 4.78 is 0. The van der Waals surface area contributed by atoms with Crippen molar-refractivity contribution in [3.63, 3.8) is 0 Å². The van der Waals surface area contributed by atoms with E-state index in [1.807, 2.05) is 0 Å². The number of aliphatic hydroxyl groups is 1. The summed E-state index contributed by atoms with van der Waals surface area (Å²) in [5, 5.41) is 9.04. The molecule has 12 heavy (non-hydrogen) atoms. The van der Waals surface area contributed by atoms with Crippen molar-refractivity contribution >= 4 is 11.6 Å². The minimum absolute atomic E-state index is 0.0839. The van der Waals surface area contributed by atoms with Gasteiger partial charge in [-0.3, -0.25) is 0 Å². The summed E-state index contributed by atoms with van der Waals surface area (Å²) in [7, 11) is 0. The van der Waals surface area contributed by atoms with Gasteiger partial charge in [-0.15, -0.1) is 0 Å². The monoisotopic (exact) mass is 181 g/mol. The van der Waals surface area contributed by atoms with Gasteiger partial charge in [-0.05, 0) is 18.1 Å². The number of pyridine rings is 1. The first-order valence-electron chi connectivity index (χ1n) is 3.54. The lowest BCUT2D eigenvalue weighted by Crippen LogP contribution is -1.81. The first kappa shape index (κ1) is 9.05. The second-order valence-electron chi connectivity index (χ2n) is 2.14. The van der Waals surface area contributed by atoms with Crippen molar-refractivity contribution in [1.29, 1.82) is 0 Å². The Morgan fingerprint density at radius 2 is 2.33 bits per heavy atom. The molecule has 2 nitrogen and oxygen atoms in total. The molecule has 0 saturated carbocycles. The number of aliphatic hydroxyl groups excluding tert-OH is 1. The van der Waals surface area contributed by atoms with Gasteiger partial charge in [0, 0.05) is 12.6 Å². The van der Waals surface area contributed by atoms with E-state index in [4.69, 9.17) is 16.7 Å². The fraction of sp³-hybridized carbons (Fsp3) is 0.222. The zero-order chi connectivity index (χ0) is 8.81.